The second kappa shape index (κ2) is 4.91. The molecule has 1 saturated heterocycles. The number of hydrogen-bond acceptors (Lipinski definition) is 3. The quantitative estimate of drug-likeness (QED) is 0.543. The van der Waals surface area contributed by atoms with Gasteiger partial charge in [0.05, 0.1) is 0 Å². The average molecular weight is 198 g/mol. The van der Waals surface area contributed by atoms with Gasteiger partial charge in [-0.05, 0) is 25.2 Å². The molecule has 0 aromatic rings. The van der Waals surface area contributed by atoms with Crippen molar-refractivity contribution in [2.45, 2.75) is 25.4 Å². The van der Waals surface area contributed by atoms with Gasteiger partial charge >= 0.3 is 5.97 Å². The number of hydrogen-bond donors (Lipinski definition) is 1. The fourth-order valence-corrected chi connectivity index (χ4v) is 1.62. The number of carbonyl (C=O) groups is 2. The lowest BCUT2D eigenvalue weighted by atomic mass is 9.91. The maximum atomic E-state index is 10.7. The minimum atomic E-state index is -0.985. The molecule has 14 heavy (non-hydrogen) atoms. The maximum absolute atomic E-state index is 10.7. The van der Waals surface area contributed by atoms with Gasteiger partial charge in [-0.25, -0.2) is 4.79 Å². The molecule has 1 aliphatic rings. The molecule has 0 spiro atoms. The molecule has 0 aromatic carbocycles. The maximum Gasteiger partial charge on any atom is 0.331 e. The van der Waals surface area contributed by atoms with Gasteiger partial charge in [-0.15, -0.1) is 0 Å². The summed E-state index contributed by atoms with van der Waals surface area (Å²) in [7, 11) is 0. The molecule has 4 nitrogen and oxygen atoms in total. The highest BCUT2D eigenvalue weighted by molar-refractivity contribution is 5.86. The Kier molecular flexibility index (Phi) is 3.83. The molecule has 1 heterocycles. The highest BCUT2D eigenvalue weighted by atomic mass is 16.5. The fraction of sp³-hybridized carbons (Fsp3) is 0.600. The van der Waals surface area contributed by atoms with Crippen LogP contribution in [0, 0.1) is 5.92 Å². The summed E-state index contributed by atoms with van der Waals surface area (Å²) in [5, 5.41) is 8.76. The van der Waals surface area contributed by atoms with Gasteiger partial charge in [-0.3, -0.25) is 0 Å². The Morgan fingerprint density at radius 3 is 2.86 bits per heavy atom. The van der Waals surface area contributed by atoms with Gasteiger partial charge in [0.15, 0.2) is 0 Å². The van der Waals surface area contributed by atoms with E-state index in [9.17, 15) is 9.59 Å². The second-order valence-electron chi connectivity index (χ2n) is 3.45. The molecule has 0 aliphatic carbocycles. The zero-order valence-electron chi connectivity index (χ0n) is 7.94. The van der Waals surface area contributed by atoms with Crippen LogP contribution >= 0.6 is 0 Å². The molecule has 1 N–H and O–H groups in total. The third-order valence-electron chi connectivity index (χ3n) is 2.46. The minimum Gasteiger partial charge on any atom is -0.478 e. The lowest BCUT2D eigenvalue weighted by Crippen LogP contribution is -2.19. The van der Waals surface area contributed by atoms with Crippen molar-refractivity contribution in [2.24, 2.45) is 5.92 Å². The third kappa shape index (κ3) is 2.67. The molecule has 1 aliphatic heterocycles. The molecule has 0 amide bonds. The number of rotatable bonds is 3. The fourth-order valence-electron chi connectivity index (χ4n) is 1.62. The highest BCUT2D eigenvalue weighted by Crippen LogP contribution is 2.25. The van der Waals surface area contributed by atoms with Crippen molar-refractivity contribution in [2.75, 3.05) is 6.61 Å². The number of carbonyl (C=O) groups excluding carboxylic acids is 1. The first kappa shape index (κ1) is 10.9. The molecule has 4 heteroatoms. The largest absolute Gasteiger partial charge is 0.478 e. The number of ether oxygens (including phenoxy) is 1. The third-order valence-corrected chi connectivity index (χ3v) is 2.46. The first-order valence-electron chi connectivity index (χ1n) is 4.64. The van der Waals surface area contributed by atoms with E-state index in [1.54, 1.807) is 0 Å². The van der Waals surface area contributed by atoms with Gasteiger partial charge in [-0.1, -0.05) is 6.58 Å². The Balaban J connectivity index is 2.63. The van der Waals surface area contributed by atoms with Crippen LogP contribution in [0.3, 0.4) is 0 Å². The first-order valence-corrected chi connectivity index (χ1v) is 4.64. The normalized spacial score (nSPS) is 27.7. The molecule has 0 saturated carbocycles. The smallest absolute Gasteiger partial charge is 0.331 e. The van der Waals surface area contributed by atoms with Crippen molar-refractivity contribution in [3.05, 3.63) is 12.2 Å². The standard InChI is InChI=1S/C10H14O4/c1-7(10(12)13)8-3-2-4-14-9(5-8)6-11/h6,8-9H,1-5H2,(H,12,13)/t8-,9?/m0/s1. The number of aliphatic carboxylic acids is 1. The van der Waals surface area contributed by atoms with E-state index in [4.69, 9.17) is 9.84 Å². The molecule has 1 unspecified atom stereocenters. The zero-order valence-corrected chi connectivity index (χ0v) is 7.94. The summed E-state index contributed by atoms with van der Waals surface area (Å²) in [5.74, 6) is -1.12. The van der Waals surface area contributed by atoms with Gasteiger partial charge in [0.25, 0.3) is 0 Å². The SMILES string of the molecule is C=C(C(=O)O)[C@H]1CCCOC(C=O)C1. The first-order chi connectivity index (χ1) is 6.65. The Labute approximate surface area is 82.6 Å². The van der Waals surface area contributed by atoms with Crippen LogP contribution in [0.5, 0.6) is 0 Å². The molecule has 0 aromatic heterocycles. The molecule has 0 bridgehead atoms. The molecule has 1 fully saturated rings. The van der Waals surface area contributed by atoms with Gasteiger partial charge < -0.3 is 14.6 Å². The van der Waals surface area contributed by atoms with Gasteiger partial charge in [-0.2, -0.15) is 0 Å². The van der Waals surface area contributed by atoms with Gasteiger partial charge in [0, 0.05) is 12.2 Å². The summed E-state index contributed by atoms with van der Waals surface area (Å²) in [6.07, 6.45) is 2.21. The van der Waals surface area contributed by atoms with E-state index in [1.165, 1.54) is 0 Å². The molecular weight excluding hydrogens is 184 g/mol. The Morgan fingerprint density at radius 2 is 2.29 bits per heavy atom. The second-order valence-corrected chi connectivity index (χ2v) is 3.45. The molecule has 1 rings (SSSR count). The van der Waals surface area contributed by atoms with Crippen LogP contribution in [0.1, 0.15) is 19.3 Å². The van der Waals surface area contributed by atoms with E-state index in [0.29, 0.717) is 13.0 Å². The lowest BCUT2D eigenvalue weighted by molar-refractivity contribution is -0.133. The Bertz CT molecular complexity index is 247. The van der Waals surface area contributed by atoms with E-state index in [-0.39, 0.29) is 11.5 Å². The Hall–Kier alpha value is -1.16. The van der Waals surface area contributed by atoms with E-state index in [0.717, 1.165) is 19.1 Å². The predicted octanol–water partition coefficient (Wildman–Crippen LogP) is 1.01. The van der Waals surface area contributed by atoms with Crippen LogP contribution in [0.2, 0.25) is 0 Å². The topological polar surface area (TPSA) is 63.6 Å². The van der Waals surface area contributed by atoms with E-state index >= 15 is 0 Å². The van der Waals surface area contributed by atoms with Crippen molar-refractivity contribution in [1.82, 2.24) is 0 Å². The van der Waals surface area contributed by atoms with Gasteiger partial charge in [0.2, 0.25) is 0 Å². The zero-order chi connectivity index (χ0) is 10.6. The van der Waals surface area contributed by atoms with Crippen molar-refractivity contribution in [3.63, 3.8) is 0 Å². The van der Waals surface area contributed by atoms with Crippen molar-refractivity contribution in [3.8, 4) is 0 Å². The van der Waals surface area contributed by atoms with Crippen LogP contribution < -0.4 is 0 Å². The van der Waals surface area contributed by atoms with Crippen molar-refractivity contribution < 1.29 is 19.4 Å². The summed E-state index contributed by atoms with van der Waals surface area (Å²) in [6, 6.07) is 0. The predicted molar refractivity (Wildman–Crippen MR) is 49.9 cm³/mol. The summed E-state index contributed by atoms with van der Waals surface area (Å²) in [6.45, 7) is 4.04. The summed E-state index contributed by atoms with van der Waals surface area (Å²) < 4.78 is 5.21. The van der Waals surface area contributed by atoms with E-state index in [2.05, 4.69) is 6.58 Å². The lowest BCUT2D eigenvalue weighted by Gasteiger charge is -2.15. The summed E-state index contributed by atoms with van der Waals surface area (Å²) in [5.41, 5.74) is 0.183. The Morgan fingerprint density at radius 1 is 1.57 bits per heavy atom. The molecule has 78 valence electrons. The van der Waals surface area contributed by atoms with Crippen LogP contribution in [-0.2, 0) is 14.3 Å². The van der Waals surface area contributed by atoms with Crippen LogP contribution in [0.15, 0.2) is 12.2 Å². The van der Waals surface area contributed by atoms with Gasteiger partial charge in [0.1, 0.15) is 12.4 Å². The summed E-state index contributed by atoms with van der Waals surface area (Å²) in [4.78, 5) is 21.2. The van der Waals surface area contributed by atoms with Crippen molar-refractivity contribution >= 4 is 12.3 Å². The minimum absolute atomic E-state index is 0.134. The number of carboxylic acid groups (broad SMARTS) is 1. The van der Waals surface area contributed by atoms with Crippen LogP contribution in [0.4, 0.5) is 0 Å². The number of aldehydes is 1. The highest BCUT2D eigenvalue weighted by Gasteiger charge is 2.25. The average Bonchev–Trinajstić information content (AvgIpc) is 2.41. The van der Waals surface area contributed by atoms with E-state index in [1.807, 2.05) is 0 Å². The van der Waals surface area contributed by atoms with Crippen LogP contribution in [-0.4, -0.2) is 30.1 Å². The van der Waals surface area contributed by atoms with Crippen LogP contribution in [0.25, 0.3) is 0 Å². The molecular formula is C10H14O4. The summed E-state index contributed by atoms with van der Waals surface area (Å²) >= 11 is 0. The number of carboxylic acids is 1. The monoisotopic (exact) mass is 198 g/mol. The van der Waals surface area contributed by atoms with E-state index < -0.39 is 12.1 Å². The van der Waals surface area contributed by atoms with Crippen molar-refractivity contribution in [1.29, 1.82) is 0 Å². The molecule has 2 atom stereocenters. The molecule has 0 radical (unpaired) electrons.